The number of hydrogen-bond donors (Lipinski definition) is 1. The Kier molecular flexibility index (Phi) is 3.47. The van der Waals surface area contributed by atoms with Crippen LogP contribution in [0.3, 0.4) is 0 Å². The second kappa shape index (κ2) is 4.77. The lowest BCUT2D eigenvalue weighted by Crippen LogP contribution is -2.47. The molecule has 0 heterocycles. The van der Waals surface area contributed by atoms with E-state index in [0.717, 1.165) is 23.5 Å². The van der Waals surface area contributed by atoms with Gasteiger partial charge in [-0.25, -0.2) is 0 Å². The molecular formula is C15H26OS. The Morgan fingerprint density at radius 2 is 1.65 bits per heavy atom. The minimum atomic E-state index is 0.355. The van der Waals surface area contributed by atoms with Crippen LogP contribution in [0.2, 0.25) is 0 Å². The predicted octanol–water partition coefficient (Wildman–Crippen LogP) is 3.56. The molecule has 0 amide bonds. The zero-order chi connectivity index (χ0) is 11.9. The van der Waals surface area contributed by atoms with Crippen LogP contribution in [0.25, 0.3) is 0 Å². The molecule has 2 heteroatoms. The quantitative estimate of drug-likeness (QED) is 0.809. The lowest BCUT2D eigenvalue weighted by Gasteiger charge is -2.57. The standard InChI is InChI=1S/C15H26OS/c1-11(8-16)9-17-10-15-5-12-2-13(6-15)4-14(3-12)7-15/h11-14,16H,2-10H2,1H3. The Balaban J connectivity index is 1.55. The van der Waals surface area contributed by atoms with Crippen molar-refractivity contribution in [3.8, 4) is 0 Å². The van der Waals surface area contributed by atoms with E-state index in [0.29, 0.717) is 17.9 Å². The van der Waals surface area contributed by atoms with Gasteiger partial charge in [-0.1, -0.05) is 6.92 Å². The fourth-order valence-corrected chi connectivity index (χ4v) is 6.41. The van der Waals surface area contributed by atoms with E-state index < -0.39 is 0 Å². The molecule has 4 bridgehead atoms. The number of aliphatic hydroxyl groups excluding tert-OH is 1. The summed E-state index contributed by atoms with van der Waals surface area (Å²) in [5.41, 5.74) is 0.717. The summed E-state index contributed by atoms with van der Waals surface area (Å²) in [4.78, 5) is 0. The van der Waals surface area contributed by atoms with E-state index in [4.69, 9.17) is 5.11 Å². The van der Waals surface area contributed by atoms with Gasteiger partial charge in [0.1, 0.15) is 0 Å². The van der Waals surface area contributed by atoms with E-state index in [1.807, 2.05) is 0 Å². The van der Waals surface area contributed by atoms with Crippen LogP contribution in [0.4, 0.5) is 0 Å². The summed E-state index contributed by atoms with van der Waals surface area (Å²) < 4.78 is 0. The Labute approximate surface area is 110 Å². The Hall–Kier alpha value is 0.310. The first-order valence-electron chi connectivity index (χ1n) is 7.38. The summed E-state index contributed by atoms with van der Waals surface area (Å²) in [6.07, 6.45) is 9.24. The third-order valence-electron chi connectivity index (χ3n) is 5.29. The first-order chi connectivity index (χ1) is 8.19. The highest BCUT2D eigenvalue weighted by Gasteiger charge is 2.50. The van der Waals surface area contributed by atoms with Gasteiger partial charge in [0.2, 0.25) is 0 Å². The van der Waals surface area contributed by atoms with Crippen molar-refractivity contribution in [1.82, 2.24) is 0 Å². The third kappa shape index (κ3) is 2.53. The molecule has 4 aliphatic rings. The third-order valence-corrected chi connectivity index (χ3v) is 6.91. The SMILES string of the molecule is CC(CO)CSCC12CC3CC(CC(C3)C1)C2. The number of thioether (sulfide) groups is 1. The van der Waals surface area contributed by atoms with Crippen molar-refractivity contribution in [3.05, 3.63) is 0 Å². The topological polar surface area (TPSA) is 20.2 Å². The van der Waals surface area contributed by atoms with E-state index in [1.54, 1.807) is 19.3 Å². The van der Waals surface area contributed by atoms with Gasteiger partial charge in [0, 0.05) is 6.61 Å². The first kappa shape index (κ1) is 12.3. The summed E-state index contributed by atoms with van der Waals surface area (Å²) in [5.74, 6) is 6.25. The van der Waals surface area contributed by atoms with Crippen LogP contribution in [-0.4, -0.2) is 23.2 Å². The van der Waals surface area contributed by atoms with Gasteiger partial charge in [-0.15, -0.1) is 0 Å². The average Bonchev–Trinajstić information content (AvgIpc) is 2.26. The van der Waals surface area contributed by atoms with Crippen LogP contribution in [0.5, 0.6) is 0 Å². The molecule has 1 N–H and O–H groups in total. The molecule has 1 atom stereocenters. The molecule has 0 spiro atoms. The zero-order valence-corrected chi connectivity index (χ0v) is 11.8. The van der Waals surface area contributed by atoms with Gasteiger partial charge >= 0.3 is 0 Å². The lowest BCUT2D eigenvalue weighted by atomic mass is 9.50. The summed E-state index contributed by atoms with van der Waals surface area (Å²) >= 11 is 2.11. The van der Waals surface area contributed by atoms with Crippen molar-refractivity contribution >= 4 is 11.8 Å². The van der Waals surface area contributed by atoms with Crippen molar-refractivity contribution in [3.63, 3.8) is 0 Å². The molecule has 0 aliphatic heterocycles. The summed E-state index contributed by atoms with van der Waals surface area (Å²) in [6, 6.07) is 0. The smallest absolute Gasteiger partial charge is 0.0464 e. The molecule has 0 aromatic carbocycles. The molecule has 17 heavy (non-hydrogen) atoms. The maximum absolute atomic E-state index is 9.08. The van der Waals surface area contributed by atoms with E-state index >= 15 is 0 Å². The number of rotatable bonds is 5. The summed E-state index contributed by atoms with van der Waals surface area (Å²) in [6.45, 7) is 2.51. The van der Waals surface area contributed by atoms with E-state index in [-0.39, 0.29) is 0 Å². The fraction of sp³-hybridized carbons (Fsp3) is 1.00. The second-order valence-electron chi connectivity index (χ2n) is 7.22. The highest BCUT2D eigenvalue weighted by atomic mass is 32.2. The maximum Gasteiger partial charge on any atom is 0.0464 e. The molecule has 0 saturated heterocycles. The number of aliphatic hydroxyl groups is 1. The second-order valence-corrected chi connectivity index (χ2v) is 8.25. The maximum atomic E-state index is 9.08. The number of hydrogen-bond acceptors (Lipinski definition) is 2. The summed E-state index contributed by atoms with van der Waals surface area (Å²) in [5, 5.41) is 9.08. The van der Waals surface area contributed by atoms with Gasteiger partial charge in [-0.05, 0) is 79.1 Å². The van der Waals surface area contributed by atoms with Crippen LogP contribution in [-0.2, 0) is 0 Å². The Morgan fingerprint density at radius 3 is 2.12 bits per heavy atom. The fourth-order valence-electron chi connectivity index (χ4n) is 5.00. The normalized spacial score (nSPS) is 45.2. The van der Waals surface area contributed by atoms with Crippen molar-refractivity contribution < 1.29 is 5.11 Å². The predicted molar refractivity (Wildman–Crippen MR) is 74.2 cm³/mol. The molecule has 98 valence electrons. The van der Waals surface area contributed by atoms with Gasteiger partial charge in [0.15, 0.2) is 0 Å². The summed E-state index contributed by atoms with van der Waals surface area (Å²) in [7, 11) is 0. The Morgan fingerprint density at radius 1 is 1.12 bits per heavy atom. The highest BCUT2D eigenvalue weighted by molar-refractivity contribution is 7.99. The molecule has 0 aromatic rings. The van der Waals surface area contributed by atoms with E-state index in [2.05, 4.69) is 18.7 Å². The van der Waals surface area contributed by atoms with Crippen molar-refractivity contribution in [1.29, 1.82) is 0 Å². The van der Waals surface area contributed by atoms with Crippen molar-refractivity contribution in [2.45, 2.75) is 45.4 Å². The molecule has 0 aromatic heterocycles. The van der Waals surface area contributed by atoms with Crippen molar-refractivity contribution in [2.75, 3.05) is 18.1 Å². The zero-order valence-electron chi connectivity index (χ0n) is 11.0. The molecule has 4 rings (SSSR count). The average molecular weight is 254 g/mol. The van der Waals surface area contributed by atoms with Crippen molar-refractivity contribution in [2.24, 2.45) is 29.1 Å². The van der Waals surface area contributed by atoms with Gasteiger partial charge in [-0.3, -0.25) is 0 Å². The largest absolute Gasteiger partial charge is 0.396 e. The molecule has 1 unspecified atom stereocenters. The van der Waals surface area contributed by atoms with Gasteiger partial charge in [-0.2, -0.15) is 11.8 Å². The van der Waals surface area contributed by atoms with Crippen LogP contribution in [0, 0.1) is 29.1 Å². The molecule has 4 fully saturated rings. The minimum Gasteiger partial charge on any atom is -0.396 e. The van der Waals surface area contributed by atoms with E-state index in [9.17, 15) is 0 Å². The monoisotopic (exact) mass is 254 g/mol. The Bertz CT molecular complexity index is 241. The van der Waals surface area contributed by atoms with Gasteiger partial charge < -0.3 is 5.11 Å². The molecular weight excluding hydrogens is 228 g/mol. The minimum absolute atomic E-state index is 0.355. The molecule has 0 radical (unpaired) electrons. The van der Waals surface area contributed by atoms with Gasteiger partial charge in [0.05, 0.1) is 0 Å². The van der Waals surface area contributed by atoms with Crippen LogP contribution in [0.1, 0.15) is 45.4 Å². The molecule has 4 saturated carbocycles. The van der Waals surface area contributed by atoms with Crippen LogP contribution < -0.4 is 0 Å². The molecule has 1 nitrogen and oxygen atoms in total. The van der Waals surface area contributed by atoms with Crippen LogP contribution in [0.15, 0.2) is 0 Å². The first-order valence-corrected chi connectivity index (χ1v) is 8.53. The van der Waals surface area contributed by atoms with Crippen LogP contribution >= 0.6 is 11.8 Å². The highest BCUT2D eigenvalue weighted by Crippen LogP contribution is 2.60. The lowest BCUT2D eigenvalue weighted by molar-refractivity contribution is -0.0381. The van der Waals surface area contributed by atoms with Gasteiger partial charge in [0.25, 0.3) is 0 Å². The molecule has 4 aliphatic carbocycles. The van der Waals surface area contributed by atoms with E-state index in [1.165, 1.54) is 25.0 Å².